The lowest BCUT2D eigenvalue weighted by Gasteiger charge is -2.04. The zero-order valence-electron chi connectivity index (χ0n) is 11.8. The van der Waals surface area contributed by atoms with Crippen molar-refractivity contribution in [3.63, 3.8) is 0 Å². The molecule has 108 valence electrons. The number of aromatic amines is 1. The van der Waals surface area contributed by atoms with Crippen molar-refractivity contribution in [2.45, 2.75) is 13.5 Å². The summed E-state index contributed by atoms with van der Waals surface area (Å²) in [5, 5.41) is 2.89. The van der Waals surface area contributed by atoms with Crippen LogP contribution in [0.3, 0.4) is 0 Å². The highest BCUT2D eigenvalue weighted by atomic mass is 32.1. The fourth-order valence-electron chi connectivity index (χ4n) is 2.21. The summed E-state index contributed by atoms with van der Waals surface area (Å²) in [6.45, 7) is 2.55. The Morgan fingerprint density at radius 1 is 1.33 bits per heavy atom. The molecule has 5 nitrogen and oxygen atoms in total. The van der Waals surface area contributed by atoms with Crippen LogP contribution in [0, 0.1) is 6.92 Å². The van der Waals surface area contributed by atoms with Crippen LogP contribution in [0.25, 0.3) is 11.0 Å². The molecule has 1 amide bonds. The van der Waals surface area contributed by atoms with Gasteiger partial charge in [-0.15, -0.1) is 11.3 Å². The van der Waals surface area contributed by atoms with Crippen molar-refractivity contribution in [3.05, 3.63) is 56.1 Å². The first-order valence-electron chi connectivity index (χ1n) is 6.57. The van der Waals surface area contributed by atoms with E-state index in [1.54, 1.807) is 36.6 Å². The number of rotatable bonds is 3. The number of nitrogens with zero attached hydrogens (tertiary/aromatic N) is 1. The predicted molar refractivity (Wildman–Crippen MR) is 83.8 cm³/mol. The van der Waals surface area contributed by atoms with Crippen LogP contribution in [0.4, 0.5) is 0 Å². The molecule has 0 aliphatic heterocycles. The van der Waals surface area contributed by atoms with Gasteiger partial charge in [-0.3, -0.25) is 9.36 Å². The van der Waals surface area contributed by atoms with Gasteiger partial charge in [0.2, 0.25) is 0 Å². The molecule has 6 heteroatoms. The largest absolute Gasteiger partial charge is 0.347 e. The van der Waals surface area contributed by atoms with Gasteiger partial charge in [-0.25, -0.2) is 4.79 Å². The molecule has 0 atom stereocenters. The molecule has 0 bridgehead atoms. The van der Waals surface area contributed by atoms with Crippen LogP contribution in [-0.4, -0.2) is 15.5 Å². The summed E-state index contributed by atoms with van der Waals surface area (Å²) in [6.07, 6.45) is 0. The Bertz CT molecular complexity index is 873. The van der Waals surface area contributed by atoms with Crippen molar-refractivity contribution < 1.29 is 4.79 Å². The average Bonchev–Trinajstić information content (AvgIpc) is 3.01. The number of carbonyl (C=O) groups excluding carboxylic acids is 1. The molecule has 0 saturated heterocycles. The first-order chi connectivity index (χ1) is 10.0. The zero-order chi connectivity index (χ0) is 15.0. The molecular weight excluding hydrogens is 286 g/mol. The van der Waals surface area contributed by atoms with Crippen LogP contribution < -0.4 is 11.0 Å². The molecule has 0 fully saturated rings. The minimum absolute atomic E-state index is 0.142. The van der Waals surface area contributed by atoms with E-state index >= 15 is 0 Å². The van der Waals surface area contributed by atoms with Crippen LogP contribution in [-0.2, 0) is 13.6 Å². The number of H-pyrrole nitrogens is 1. The molecule has 2 aromatic heterocycles. The highest BCUT2D eigenvalue weighted by molar-refractivity contribution is 7.11. The molecule has 21 heavy (non-hydrogen) atoms. The maximum Gasteiger partial charge on any atom is 0.326 e. The molecule has 2 heterocycles. The second-order valence-electron chi connectivity index (χ2n) is 4.92. The number of aromatic nitrogens is 2. The van der Waals surface area contributed by atoms with Crippen molar-refractivity contribution in [1.29, 1.82) is 0 Å². The zero-order valence-corrected chi connectivity index (χ0v) is 12.6. The number of amides is 1. The molecule has 2 N–H and O–H groups in total. The third-order valence-electron chi connectivity index (χ3n) is 3.39. The highest BCUT2D eigenvalue weighted by Crippen LogP contribution is 2.15. The van der Waals surface area contributed by atoms with Gasteiger partial charge in [0.25, 0.3) is 5.91 Å². The van der Waals surface area contributed by atoms with Crippen molar-refractivity contribution in [2.75, 3.05) is 0 Å². The molecule has 0 aliphatic rings. The minimum atomic E-state index is -0.184. The van der Waals surface area contributed by atoms with E-state index in [1.807, 2.05) is 19.1 Å². The van der Waals surface area contributed by atoms with Crippen LogP contribution in [0.5, 0.6) is 0 Å². The maximum atomic E-state index is 12.2. The first-order valence-corrected chi connectivity index (χ1v) is 7.38. The summed E-state index contributed by atoms with van der Waals surface area (Å²) in [5.41, 5.74) is 1.81. The number of aryl methyl sites for hydroxylation is 2. The van der Waals surface area contributed by atoms with Crippen molar-refractivity contribution in [1.82, 2.24) is 14.9 Å². The summed E-state index contributed by atoms with van der Waals surface area (Å²) in [5.74, 6) is -0.142. The number of imidazole rings is 1. The van der Waals surface area contributed by atoms with Gasteiger partial charge in [-0.2, -0.15) is 0 Å². The van der Waals surface area contributed by atoms with Gasteiger partial charge < -0.3 is 10.3 Å². The maximum absolute atomic E-state index is 12.2. The number of hydrogen-bond donors (Lipinski definition) is 2. The molecule has 0 radical (unpaired) electrons. The number of nitrogens with one attached hydrogen (secondary N) is 2. The molecular formula is C15H15N3O2S. The van der Waals surface area contributed by atoms with E-state index in [9.17, 15) is 9.59 Å². The predicted octanol–water partition coefficient (Wildman–Crippen LogP) is 2.17. The Morgan fingerprint density at radius 2 is 2.14 bits per heavy atom. The van der Waals surface area contributed by atoms with E-state index in [-0.39, 0.29) is 11.6 Å². The second kappa shape index (κ2) is 5.21. The van der Waals surface area contributed by atoms with Gasteiger partial charge >= 0.3 is 5.69 Å². The third kappa shape index (κ3) is 2.62. The summed E-state index contributed by atoms with van der Waals surface area (Å²) >= 11 is 1.67. The molecule has 0 spiro atoms. The lowest BCUT2D eigenvalue weighted by atomic mass is 10.2. The van der Waals surface area contributed by atoms with Gasteiger partial charge in [0.05, 0.1) is 17.6 Å². The number of carbonyl (C=O) groups is 1. The van der Waals surface area contributed by atoms with Gasteiger partial charge in [-0.1, -0.05) is 0 Å². The van der Waals surface area contributed by atoms with Gasteiger partial charge in [0, 0.05) is 22.4 Å². The summed E-state index contributed by atoms with van der Waals surface area (Å²) in [6, 6.07) is 9.24. The van der Waals surface area contributed by atoms with Gasteiger partial charge in [-0.05, 0) is 37.3 Å². The molecule has 3 aromatic rings. The monoisotopic (exact) mass is 301 g/mol. The number of thiophene rings is 1. The van der Waals surface area contributed by atoms with Gasteiger partial charge in [0.1, 0.15) is 0 Å². The average molecular weight is 301 g/mol. The SMILES string of the molecule is Cc1ccc(CNC(=O)c2ccc3[nH]c(=O)n(C)c3c2)s1. The number of benzene rings is 1. The minimum Gasteiger partial charge on any atom is -0.347 e. The van der Waals surface area contributed by atoms with E-state index in [2.05, 4.69) is 10.3 Å². The molecule has 0 aliphatic carbocycles. The second-order valence-corrected chi connectivity index (χ2v) is 6.29. The molecule has 0 unspecified atom stereocenters. The highest BCUT2D eigenvalue weighted by Gasteiger charge is 2.09. The summed E-state index contributed by atoms with van der Waals surface area (Å²) < 4.78 is 1.49. The van der Waals surface area contributed by atoms with Gasteiger partial charge in [0.15, 0.2) is 0 Å². The van der Waals surface area contributed by atoms with E-state index in [4.69, 9.17) is 0 Å². The van der Waals surface area contributed by atoms with E-state index in [1.165, 1.54) is 9.44 Å². The fraction of sp³-hybridized carbons (Fsp3) is 0.200. The van der Waals surface area contributed by atoms with E-state index in [0.29, 0.717) is 12.1 Å². The van der Waals surface area contributed by atoms with Crippen LogP contribution in [0.15, 0.2) is 35.1 Å². The smallest absolute Gasteiger partial charge is 0.326 e. The number of fused-ring (bicyclic) bond motifs is 1. The summed E-state index contributed by atoms with van der Waals surface area (Å²) in [7, 11) is 1.68. The molecule has 1 aromatic carbocycles. The van der Waals surface area contributed by atoms with Crippen LogP contribution in [0.2, 0.25) is 0 Å². The van der Waals surface area contributed by atoms with E-state index < -0.39 is 0 Å². The molecule has 0 saturated carbocycles. The quantitative estimate of drug-likeness (QED) is 0.778. The van der Waals surface area contributed by atoms with Crippen LogP contribution >= 0.6 is 11.3 Å². The topological polar surface area (TPSA) is 66.9 Å². The van der Waals surface area contributed by atoms with Crippen molar-refractivity contribution >= 4 is 28.3 Å². The van der Waals surface area contributed by atoms with E-state index in [0.717, 1.165) is 15.9 Å². The Balaban J connectivity index is 1.81. The fourth-order valence-corrected chi connectivity index (χ4v) is 3.04. The van der Waals surface area contributed by atoms with Crippen molar-refractivity contribution in [2.24, 2.45) is 7.05 Å². The van der Waals surface area contributed by atoms with Crippen LogP contribution in [0.1, 0.15) is 20.1 Å². The lowest BCUT2D eigenvalue weighted by Crippen LogP contribution is -2.22. The first kappa shape index (κ1) is 13.6. The number of hydrogen-bond acceptors (Lipinski definition) is 3. The Hall–Kier alpha value is -2.34. The molecule has 3 rings (SSSR count). The normalized spacial score (nSPS) is 11.0. The summed E-state index contributed by atoms with van der Waals surface area (Å²) in [4.78, 5) is 28.8. The third-order valence-corrected chi connectivity index (χ3v) is 4.39. The standard InChI is InChI=1S/C15H15N3O2S/c1-9-3-5-11(21-9)8-16-14(19)10-4-6-12-13(7-10)18(2)15(20)17-12/h3-7H,8H2,1-2H3,(H,16,19)(H,17,20). The Morgan fingerprint density at radius 3 is 2.86 bits per heavy atom. The Kier molecular flexibility index (Phi) is 3.39. The Labute approximate surface area is 125 Å². The lowest BCUT2D eigenvalue weighted by molar-refractivity contribution is 0.0951. The van der Waals surface area contributed by atoms with Crippen molar-refractivity contribution in [3.8, 4) is 0 Å².